The molecule has 1 heterocycles. The molecule has 2 fully saturated rings. The van der Waals surface area contributed by atoms with Crippen LogP contribution in [-0.4, -0.2) is 18.0 Å². The fourth-order valence-corrected chi connectivity index (χ4v) is 2.44. The lowest BCUT2D eigenvalue weighted by molar-refractivity contribution is 0.0758. The summed E-state index contributed by atoms with van der Waals surface area (Å²) in [5, 5.41) is 1.02. The molecule has 2 rings (SSSR count). The average Bonchev–Trinajstić information content (AvgIpc) is 2.29. The van der Waals surface area contributed by atoms with E-state index in [0.29, 0.717) is 11.5 Å². The van der Waals surface area contributed by atoms with E-state index >= 15 is 0 Å². The minimum Gasteiger partial charge on any atom is -0.377 e. The Hall–Kier alpha value is 0.440. The Morgan fingerprint density at radius 1 is 1.50 bits per heavy atom. The highest BCUT2D eigenvalue weighted by Crippen LogP contribution is 2.49. The molecule has 1 saturated carbocycles. The molecule has 58 valence electrons. The van der Waals surface area contributed by atoms with Crippen LogP contribution in [0.3, 0.4) is 0 Å². The number of hydrogen-bond donors (Lipinski definition) is 0. The number of halogens is 1. The van der Waals surface area contributed by atoms with Gasteiger partial charge in [0.05, 0.1) is 12.7 Å². The zero-order valence-electron chi connectivity index (χ0n) is 6.11. The van der Waals surface area contributed by atoms with Crippen LogP contribution in [0, 0.1) is 5.41 Å². The van der Waals surface area contributed by atoms with Gasteiger partial charge in [0.2, 0.25) is 0 Å². The van der Waals surface area contributed by atoms with Gasteiger partial charge in [-0.1, -0.05) is 22.4 Å². The molecule has 1 atom stereocenters. The minimum atomic E-state index is 0.514. The van der Waals surface area contributed by atoms with Crippen LogP contribution in [0.4, 0.5) is 0 Å². The summed E-state index contributed by atoms with van der Waals surface area (Å²) in [6.45, 7) is 1.03. The highest BCUT2D eigenvalue weighted by Gasteiger charge is 2.43. The van der Waals surface area contributed by atoms with E-state index in [4.69, 9.17) is 4.74 Å². The third kappa shape index (κ3) is 1.02. The topological polar surface area (TPSA) is 9.23 Å². The van der Waals surface area contributed by atoms with Crippen molar-refractivity contribution in [3.8, 4) is 0 Å². The molecule has 1 spiro atoms. The van der Waals surface area contributed by atoms with Gasteiger partial charge in [0, 0.05) is 5.33 Å². The summed E-state index contributed by atoms with van der Waals surface area (Å²) in [6, 6.07) is 0. The minimum absolute atomic E-state index is 0.514. The van der Waals surface area contributed by atoms with Crippen LogP contribution >= 0.6 is 15.9 Å². The molecule has 0 aromatic rings. The summed E-state index contributed by atoms with van der Waals surface area (Å²) < 4.78 is 5.61. The van der Waals surface area contributed by atoms with Crippen molar-refractivity contribution in [2.24, 2.45) is 5.41 Å². The van der Waals surface area contributed by atoms with Crippen LogP contribution in [-0.2, 0) is 4.74 Å². The van der Waals surface area contributed by atoms with Crippen molar-refractivity contribution in [2.45, 2.75) is 31.8 Å². The van der Waals surface area contributed by atoms with E-state index in [9.17, 15) is 0 Å². The number of alkyl halides is 1. The standard InChI is InChI=1S/C8H13BrO/c9-5-7-4-8(6-10-7)2-1-3-8/h7H,1-6H2. The van der Waals surface area contributed by atoms with Gasteiger partial charge in [0.15, 0.2) is 0 Å². The average molecular weight is 205 g/mol. The fourth-order valence-electron chi connectivity index (χ4n) is 2.02. The maximum Gasteiger partial charge on any atom is 0.0678 e. The van der Waals surface area contributed by atoms with Crippen LogP contribution in [0.5, 0.6) is 0 Å². The van der Waals surface area contributed by atoms with Gasteiger partial charge in [0.1, 0.15) is 0 Å². The second-order valence-corrected chi connectivity index (χ2v) is 4.29. The molecule has 2 aliphatic rings. The molecular weight excluding hydrogens is 192 g/mol. The van der Waals surface area contributed by atoms with Gasteiger partial charge in [-0.15, -0.1) is 0 Å². The molecule has 1 aliphatic heterocycles. The van der Waals surface area contributed by atoms with Crippen molar-refractivity contribution in [1.29, 1.82) is 0 Å². The van der Waals surface area contributed by atoms with Gasteiger partial charge in [-0.2, -0.15) is 0 Å². The van der Waals surface area contributed by atoms with Crippen molar-refractivity contribution >= 4 is 15.9 Å². The predicted octanol–water partition coefficient (Wildman–Crippen LogP) is 2.34. The normalized spacial score (nSPS) is 36.3. The molecule has 0 N–H and O–H groups in total. The van der Waals surface area contributed by atoms with E-state index < -0.39 is 0 Å². The number of hydrogen-bond acceptors (Lipinski definition) is 1. The van der Waals surface area contributed by atoms with E-state index in [0.717, 1.165) is 11.9 Å². The Morgan fingerprint density at radius 2 is 2.30 bits per heavy atom. The van der Waals surface area contributed by atoms with Gasteiger partial charge in [-0.3, -0.25) is 0 Å². The molecule has 1 saturated heterocycles. The Morgan fingerprint density at radius 3 is 2.60 bits per heavy atom. The zero-order chi connectivity index (χ0) is 7.03. The molecule has 0 aromatic heterocycles. The molecule has 1 aliphatic carbocycles. The lowest BCUT2D eigenvalue weighted by atomic mass is 9.68. The Bertz CT molecular complexity index is 131. The third-order valence-corrected chi connectivity index (χ3v) is 3.59. The molecule has 0 radical (unpaired) electrons. The first-order valence-electron chi connectivity index (χ1n) is 4.02. The second kappa shape index (κ2) is 2.49. The maximum atomic E-state index is 5.61. The molecule has 0 aromatic carbocycles. The molecule has 2 heteroatoms. The van der Waals surface area contributed by atoms with E-state index in [1.54, 1.807) is 0 Å². The van der Waals surface area contributed by atoms with Crippen molar-refractivity contribution in [2.75, 3.05) is 11.9 Å². The Kier molecular flexibility index (Phi) is 1.77. The largest absolute Gasteiger partial charge is 0.377 e. The van der Waals surface area contributed by atoms with Crippen LogP contribution in [0.25, 0.3) is 0 Å². The van der Waals surface area contributed by atoms with Crippen molar-refractivity contribution in [1.82, 2.24) is 0 Å². The first-order chi connectivity index (χ1) is 4.85. The van der Waals surface area contributed by atoms with Crippen molar-refractivity contribution < 1.29 is 4.74 Å². The maximum absolute atomic E-state index is 5.61. The molecule has 0 amide bonds. The van der Waals surface area contributed by atoms with E-state index in [1.807, 2.05) is 0 Å². The quantitative estimate of drug-likeness (QED) is 0.597. The first-order valence-corrected chi connectivity index (χ1v) is 5.14. The van der Waals surface area contributed by atoms with Gasteiger partial charge in [-0.05, 0) is 24.7 Å². The van der Waals surface area contributed by atoms with Crippen LogP contribution in [0.15, 0.2) is 0 Å². The third-order valence-electron chi connectivity index (χ3n) is 2.87. The fraction of sp³-hybridized carbons (Fsp3) is 1.00. The van der Waals surface area contributed by atoms with E-state index in [2.05, 4.69) is 15.9 Å². The summed E-state index contributed by atoms with van der Waals surface area (Å²) in [6.07, 6.45) is 6.07. The summed E-state index contributed by atoms with van der Waals surface area (Å²) in [5.74, 6) is 0. The predicted molar refractivity (Wildman–Crippen MR) is 44.4 cm³/mol. The summed E-state index contributed by atoms with van der Waals surface area (Å²) in [7, 11) is 0. The van der Waals surface area contributed by atoms with Crippen LogP contribution < -0.4 is 0 Å². The lowest BCUT2D eigenvalue weighted by Gasteiger charge is -2.36. The highest BCUT2D eigenvalue weighted by molar-refractivity contribution is 9.09. The number of ether oxygens (including phenoxy) is 1. The van der Waals surface area contributed by atoms with Crippen LogP contribution in [0.2, 0.25) is 0 Å². The van der Waals surface area contributed by atoms with Gasteiger partial charge < -0.3 is 4.74 Å². The molecule has 1 unspecified atom stereocenters. The van der Waals surface area contributed by atoms with Gasteiger partial charge >= 0.3 is 0 Å². The second-order valence-electron chi connectivity index (χ2n) is 3.64. The van der Waals surface area contributed by atoms with Gasteiger partial charge in [0.25, 0.3) is 0 Å². The lowest BCUT2D eigenvalue weighted by Crippen LogP contribution is -2.29. The molecular formula is C8H13BrO. The highest BCUT2D eigenvalue weighted by atomic mass is 79.9. The summed E-state index contributed by atoms with van der Waals surface area (Å²) >= 11 is 3.46. The van der Waals surface area contributed by atoms with E-state index in [1.165, 1.54) is 25.7 Å². The zero-order valence-corrected chi connectivity index (χ0v) is 7.69. The SMILES string of the molecule is BrCC1CC2(CCC2)CO1. The van der Waals surface area contributed by atoms with E-state index in [-0.39, 0.29) is 0 Å². The molecule has 0 bridgehead atoms. The number of rotatable bonds is 1. The molecule has 10 heavy (non-hydrogen) atoms. The Balaban J connectivity index is 1.92. The van der Waals surface area contributed by atoms with Gasteiger partial charge in [-0.25, -0.2) is 0 Å². The summed E-state index contributed by atoms with van der Waals surface area (Å²) in [5.41, 5.74) is 0.637. The van der Waals surface area contributed by atoms with Crippen LogP contribution in [0.1, 0.15) is 25.7 Å². The molecule has 1 nitrogen and oxygen atoms in total. The first kappa shape index (κ1) is 7.11. The van der Waals surface area contributed by atoms with Crippen molar-refractivity contribution in [3.63, 3.8) is 0 Å². The Labute approximate surface area is 70.3 Å². The van der Waals surface area contributed by atoms with Crippen molar-refractivity contribution in [3.05, 3.63) is 0 Å². The summed E-state index contributed by atoms with van der Waals surface area (Å²) in [4.78, 5) is 0. The smallest absolute Gasteiger partial charge is 0.0678 e. The monoisotopic (exact) mass is 204 g/mol.